The van der Waals surface area contributed by atoms with E-state index < -0.39 is 0 Å². The first-order chi connectivity index (χ1) is 4.33. The van der Waals surface area contributed by atoms with E-state index in [0.29, 0.717) is 0 Å². The van der Waals surface area contributed by atoms with E-state index in [0.717, 1.165) is 14.7 Å². The Labute approximate surface area is 75.4 Å². The molecule has 1 aromatic rings. The van der Waals surface area contributed by atoms with Crippen molar-refractivity contribution in [2.45, 2.75) is 4.43 Å². The fraction of sp³-hybridized carbons (Fsp3) is 0.200. The molecule has 0 amide bonds. The molecule has 4 heteroatoms. The van der Waals surface area contributed by atoms with Crippen molar-refractivity contribution in [2.24, 2.45) is 0 Å². The van der Waals surface area contributed by atoms with Gasteiger partial charge in [-0.05, 0) is 15.9 Å². The monoisotopic (exact) mass is 298 g/mol. The molecule has 0 saturated carbocycles. The maximum atomic E-state index is 4.03. The predicted octanol–water partition coefficient (Wildman–Crippen LogP) is 2.17. The molecule has 0 aliphatic carbocycles. The van der Waals surface area contributed by atoms with Crippen LogP contribution in [0.4, 0.5) is 0 Å². The van der Waals surface area contributed by atoms with Crippen molar-refractivity contribution in [3.63, 3.8) is 0 Å². The second-order valence-corrected chi connectivity index (χ2v) is 3.13. The topological polar surface area (TPSA) is 25.8 Å². The Hall–Kier alpha value is 0.290. The van der Waals surface area contributed by atoms with Gasteiger partial charge in [-0.3, -0.25) is 0 Å². The maximum Gasteiger partial charge on any atom is 0.137 e. The van der Waals surface area contributed by atoms with Gasteiger partial charge in [0, 0.05) is 12.4 Å². The zero-order valence-electron chi connectivity index (χ0n) is 4.51. The molecule has 2 nitrogen and oxygen atoms in total. The fourth-order valence-corrected chi connectivity index (χ4v) is 1.01. The highest BCUT2D eigenvalue weighted by Crippen LogP contribution is 2.05. The largest absolute Gasteiger partial charge is 0.239 e. The van der Waals surface area contributed by atoms with Gasteiger partial charge in [0.25, 0.3) is 0 Å². The van der Waals surface area contributed by atoms with Gasteiger partial charge in [-0.15, -0.1) is 0 Å². The molecule has 0 atom stereocenters. The summed E-state index contributed by atoms with van der Waals surface area (Å²) in [6.45, 7) is 0. The van der Waals surface area contributed by atoms with Crippen molar-refractivity contribution in [1.82, 2.24) is 9.97 Å². The second kappa shape index (κ2) is 3.46. The van der Waals surface area contributed by atoms with E-state index >= 15 is 0 Å². The number of hydrogen-bond acceptors (Lipinski definition) is 2. The summed E-state index contributed by atoms with van der Waals surface area (Å²) in [6, 6.07) is 0. The minimum absolute atomic E-state index is 0.866. The first-order valence-electron chi connectivity index (χ1n) is 2.35. The van der Waals surface area contributed by atoms with Crippen LogP contribution in [0.2, 0.25) is 0 Å². The quantitative estimate of drug-likeness (QED) is 0.587. The number of halogens is 2. The van der Waals surface area contributed by atoms with Crippen LogP contribution >= 0.6 is 38.5 Å². The van der Waals surface area contributed by atoms with Gasteiger partial charge in [0.05, 0.1) is 8.90 Å². The standard InChI is InChI=1S/C5H4BrIN2/c6-4-2-8-5(1-7)9-3-4/h2-3H,1H2. The lowest BCUT2D eigenvalue weighted by Gasteiger charge is -1.90. The van der Waals surface area contributed by atoms with Crippen LogP contribution in [0.5, 0.6) is 0 Å². The van der Waals surface area contributed by atoms with Crippen LogP contribution in [0.15, 0.2) is 16.9 Å². The molecule has 1 rings (SSSR count). The molecule has 0 bridgehead atoms. The SMILES string of the molecule is Brc1cnc(CI)nc1. The van der Waals surface area contributed by atoms with E-state index in [1.165, 1.54) is 0 Å². The lowest BCUT2D eigenvalue weighted by molar-refractivity contribution is 1.04. The van der Waals surface area contributed by atoms with Crippen LogP contribution in [0, 0.1) is 0 Å². The Balaban J connectivity index is 2.88. The fourth-order valence-electron chi connectivity index (χ4n) is 0.408. The van der Waals surface area contributed by atoms with Crippen LogP contribution in [-0.4, -0.2) is 9.97 Å². The van der Waals surface area contributed by atoms with Crippen LogP contribution in [0.3, 0.4) is 0 Å². The van der Waals surface area contributed by atoms with E-state index in [4.69, 9.17) is 0 Å². The number of aromatic nitrogens is 2. The molecule has 0 aliphatic heterocycles. The summed E-state index contributed by atoms with van der Waals surface area (Å²) in [5.74, 6) is 0.874. The summed E-state index contributed by atoms with van der Waals surface area (Å²) in [6.07, 6.45) is 3.50. The third-order valence-electron chi connectivity index (χ3n) is 0.793. The molecule has 0 unspecified atom stereocenters. The van der Waals surface area contributed by atoms with Gasteiger partial charge in [-0.25, -0.2) is 9.97 Å². The molecule has 0 saturated heterocycles. The molecular formula is C5H4BrIN2. The van der Waals surface area contributed by atoms with Gasteiger partial charge in [0.15, 0.2) is 0 Å². The number of nitrogens with zero attached hydrogens (tertiary/aromatic N) is 2. The minimum atomic E-state index is 0.866. The zero-order valence-corrected chi connectivity index (χ0v) is 8.26. The molecule has 0 N–H and O–H groups in total. The Kier molecular flexibility index (Phi) is 2.84. The molecule has 1 aromatic heterocycles. The minimum Gasteiger partial charge on any atom is -0.239 e. The molecule has 0 aliphatic rings. The van der Waals surface area contributed by atoms with E-state index in [2.05, 4.69) is 48.5 Å². The van der Waals surface area contributed by atoms with E-state index in [1.54, 1.807) is 12.4 Å². The van der Waals surface area contributed by atoms with Crippen LogP contribution in [0.25, 0.3) is 0 Å². The van der Waals surface area contributed by atoms with E-state index in [-0.39, 0.29) is 0 Å². The Morgan fingerprint density at radius 3 is 2.44 bits per heavy atom. The third kappa shape index (κ3) is 2.17. The van der Waals surface area contributed by atoms with Gasteiger partial charge in [0.2, 0.25) is 0 Å². The van der Waals surface area contributed by atoms with Gasteiger partial charge in [-0.1, -0.05) is 22.6 Å². The maximum absolute atomic E-state index is 4.03. The molecule has 1 heterocycles. The van der Waals surface area contributed by atoms with Crippen molar-refractivity contribution < 1.29 is 0 Å². The molecule has 9 heavy (non-hydrogen) atoms. The zero-order chi connectivity index (χ0) is 6.69. The lowest BCUT2D eigenvalue weighted by Crippen LogP contribution is -1.87. The molecule has 48 valence electrons. The third-order valence-corrected chi connectivity index (χ3v) is 1.89. The Morgan fingerprint density at radius 2 is 2.00 bits per heavy atom. The smallest absolute Gasteiger partial charge is 0.137 e. The van der Waals surface area contributed by atoms with E-state index in [9.17, 15) is 0 Å². The lowest BCUT2D eigenvalue weighted by atomic mass is 10.6. The normalized spacial score (nSPS) is 9.56. The van der Waals surface area contributed by atoms with Crippen LogP contribution < -0.4 is 0 Å². The van der Waals surface area contributed by atoms with Crippen molar-refractivity contribution in [3.8, 4) is 0 Å². The molecule has 0 spiro atoms. The number of hydrogen-bond donors (Lipinski definition) is 0. The van der Waals surface area contributed by atoms with Crippen LogP contribution in [0.1, 0.15) is 5.82 Å². The van der Waals surface area contributed by atoms with Crippen molar-refractivity contribution in [3.05, 3.63) is 22.7 Å². The molecule has 0 fully saturated rings. The van der Waals surface area contributed by atoms with Crippen molar-refractivity contribution >= 4 is 38.5 Å². The van der Waals surface area contributed by atoms with Gasteiger partial charge in [0.1, 0.15) is 5.82 Å². The summed E-state index contributed by atoms with van der Waals surface area (Å²) in [5.41, 5.74) is 0. The number of alkyl halides is 1. The van der Waals surface area contributed by atoms with Gasteiger partial charge in [-0.2, -0.15) is 0 Å². The summed E-state index contributed by atoms with van der Waals surface area (Å²) in [7, 11) is 0. The van der Waals surface area contributed by atoms with Gasteiger partial charge >= 0.3 is 0 Å². The molecule has 0 radical (unpaired) electrons. The highest BCUT2D eigenvalue weighted by atomic mass is 127. The highest BCUT2D eigenvalue weighted by Gasteiger charge is 1.90. The number of rotatable bonds is 1. The average Bonchev–Trinajstić information content (AvgIpc) is 1.90. The van der Waals surface area contributed by atoms with Crippen LogP contribution in [-0.2, 0) is 4.43 Å². The first-order valence-corrected chi connectivity index (χ1v) is 4.67. The molecular weight excluding hydrogens is 295 g/mol. The summed E-state index contributed by atoms with van der Waals surface area (Å²) in [4.78, 5) is 8.06. The average molecular weight is 299 g/mol. The summed E-state index contributed by atoms with van der Waals surface area (Å²) < 4.78 is 1.79. The second-order valence-electron chi connectivity index (χ2n) is 1.45. The molecule has 0 aromatic carbocycles. The van der Waals surface area contributed by atoms with E-state index in [1.807, 2.05) is 0 Å². The predicted molar refractivity (Wildman–Crippen MR) is 47.5 cm³/mol. The highest BCUT2D eigenvalue weighted by molar-refractivity contribution is 14.1. The first kappa shape index (κ1) is 7.40. The van der Waals surface area contributed by atoms with Gasteiger partial charge < -0.3 is 0 Å². The van der Waals surface area contributed by atoms with Crippen molar-refractivity contribution in [1.29, 1.82) is 0 Å². The van der Waals surface area contributed by atoms with Crippen molar-refractivity contribution in [2.75, 3.05) is 0 Å². The Morgan fingerprint density at radius 1 is 1.44 bits per heavy atom. The Bertz CT molecular complexity index is 187. The summed E-state index contributed by atoms with van der Waals surface area (Å²) in [5, 5.41) is 0. The summed E-state index contributed by atoms with van der Waals surface area (Å²) >= 11 is 5.47.